The van der Waals surface area contributed by atoms with Crippen LogP contribution in [-0.4, -0.2) is 24.2 Å². The van der Waals surface area contributed by atoms with E-state index in [9.17, 15) is 4.39 Å². The lowest BCUT2D eigenvalue weighted by Gasteiger charge is -2.04. The lowest BCUT2D eigenvalue weighted by molar-refractivity contribution is 0.117. The summed E-state index contributed by atoms with van der Waals surface area (Å²) in [6.45, 7) is 1.41. The molecule has 0 spiro atoms. The van der Waals surface area contributed by atoms with Crippen LogP contribution in [0.2, 0.25) is 0 Å². The number of aromatic nitrogens is 1. The average molecular weight is 339 g/mol. The van der Waals surface area contributed by atoms with E-state index < -0.39 is 10.6 Å². The predicted molar refractivity (Wildman–Crippen MR) is 82.9 cm³/mol. The van der Waals surface area contributed by atoms with Gasteiger partial charge in [0, 0.05) is 12.3 Å². The van der Waals surface area contributed by atoms with Crippen molar-refractivity contribution < 1.29 is 21.8 Å². The Balaban J connectivity index is 0.000000593. The van der Waals surface area contributed by atoms with E-state index in [1.54, 1.807) is 6.07 Å². The lowest BCUT2D eigenvalue weighted by Crippen LogP contribution is -1.97. The fourth-order valence-corrected chi connectivity index (χ4v) is 1.83. The Kier molecular flexibility index (Phi) is 9.42. The Morgan fingerprint density at radius 1 is 1.00 bits per heavy atom. The minimum Gasteiger partial charge on any atom is -0.377 e. The van der Waals surface area contributed by atoms with Gasteiger partial charge in [0.05, 0.1) is 12.8 Å². The second-order valence-electron chi connectivity index (χ2n) is 4.67. The van der Waals surface area contributed by atoms with Crippen LogP contribution in [0.1, 0.15) is 24.1 Å². The van der Waals surface area contributed by atoms with Gasteiger partial charge in [-0.1, -0.05) is 30.3 Å². The number of unbranched alkanes of at least 4 members (excludes halogenated alkanes) is 1. The van der Waals surface area contributed by atoms with Crippen molar-refractivity contribution in [1.82, 2.24) is 4.98 Å². The highest BCUT2D eigenvalue weighted by Gasteiger charge is 1.97. The molecule has 0 saturated carbocycles. The molecule has 0 bridgehead atoms. The van der Waals surface area contributed by atoms with Crippen molar-refractivity contribution in [1.29, 1.82) is 0 Å². The number of ether oxygens (including phenoxy) is 1. The molecule has 7 heteroatoms. The molecule has 0 aliphatic carbocycles. The third kappa shape index (κ3) is 10.3. The topological polar surface area (TPSA) is 73.3 Å². The number of nitrogens with zero attached hydrogens (tertiary/aromatic N) is 1. The number of hydrogen-bond donors (Lipinski definition) is 0. The molecule has 0 aliphatic rings. The van der Waals surface area contributed by atoms with Gasteiger partial charge in [0.25, 0.3) is 0 Å². The summed E-state index contributed by atoms with van der Waals surface area (Å²) in [6.07, 6.45) is 4.13. The third-order valence-electron chi connectivity index (χ3n) is 2.87. The van der Waals surface area contributed by atoms with Crippen molar-refractivity contribution in [3.05, 3.63) is 65.7 Å². The molecule has 0 amide bonds. The molecule has 124 valence electrons. The molecular weight excluding hydrogens is 321 g/mol. The summed E-state index contributed by atoms with van der Waals surface area (Å²) < 4.78 is 43.6. The van der Waals surface area contributed by atoms with E-state index in [0.29, 0.717) is 6.61 Å². The largest absolute Gasteiger partial charge is 0.425 e. The molecule has 0 fully saturated rings. The molecule has 0 atom stereocenters. The highest BCUT2D eigenvalue weighted by Crippen LogP contribution is 2.05. The fourth-order valence-electron chi connectivity index (χ4n) is 1.83. The standard InChI is InChI=1S/C16H18FNO.O3S/c17-15-9-10-16(18-12-15)8-4-5-11-19-13-14-6-2-1-3-7-14;1-4(2)3/h1-3,6-7,9-10,12H,4-5,8,11,13H2;. The molecule has 1 aromatic carbocycles. The second kappa shape index (κ2) is 11.4. The Labute approximate surface area is 136 Å². The van der Waals surface area contributed by atoms with E-state index >= 15 is 0 Å². The highest BCUT2D eigenvalue weighted by molar-refractivity contribution is 7.59. The van der Waals surface area contributed by atoms with Crippen molar-refractivity contribution in [3.63, 3.8) is 0 Å². The second-order valence-corrected chi connectivity index (χ2v) is 5.08. The summed E-state index contributed by atoms with van der Waals surface area (Å²) in [4.78, 5) is 4.03. The van der Waals surface area contributed by atoms with E-state index in [-0.39, 0.29) is 5.82 Å². The first kappa shape index (κ1) is 18.9. The van der Waals surface area contributed by atoms with Crippen LogP contribution in [0.25, 0.3) is 0 Å². The number of aryl methyl sites for hydroxylation is 1. The monoisotopic (exact) mass is 339 g/mol. The number of benzene rings is 1. The van der Waals surface area contributed by atoms with Crippen molar-refractivity contribution in [3.8, 4) is 0 Å². The molecule has 1 aromatic heterocycles. The zero-order valence-corrected chi connectivity index (χ0v) is 13.3. The van der Waals surface area contributed by atoms with Gasteiger partial charge in [-0.05, 0) is 37.0 Å². The smallest absolute Gasteiger partial charge is 0.377 e. The molecule has 5 nitrogen and oxygen atoms in total. The first-order valence-corrected chi connectivity index (χ1v) is 8.07. The molecular formula is C16H18FNO4S. The van der Waals surface area contributed by atoms with Crippen LogP contribution in [0.15, 0.2) is 48.7 Å². The number of pyridine rings is 1. The molecule has 1 heterocycles. The molecule has 2 aromatic rings. The molecule has 0 aliphatic heterocycles. The Bertz CT molecular complexity index is 653. The molecule has 0 saturated heterocycles. The molecule has 0 unspecified atom stereocenters. The third-order valence-corrected chi connectivity index (χ3v) is 2.87. The highest BCUT2D eigenvalue weighted by atomic mass is 32.2. The number of halogens is 1. The van der Waals surface area contributed by atoms with Gasteiger partial charge in [-0.3, -0.25) is 4.98 Å². The van der Waals surface area contributed by atoms with Crippen LogP contribution in [0.3, 0.4) is 0 Å². The number of hydrogen-bond acceptors (Lipinski definition) is 5. The Morgan fingerprint density at radius 3 is 2.30 bits per heavy atom. The Hall–Kier alpha value is -2.12. The summed E-state index contributed by atoms with van der Waals surface area (Å²) >= 11 is 0. The SMILES string of the molecule is Fc1ccc(CCCCOCc2ccccc2)nc1.O=S(=O)=O. The van der Waals surface area contributed by atoms with Gasteiger partial charge < -0.3 is 4.74 Å². The maximum absolute atomic E-state index is 12.7. The molecule has 23 heavy (non-hydrogen) atoms. The normalized spacial score (nSPS) is 9.78. The van der Waals surface area contributed by atoms with E-state index in [2.05, 4.69) is 17.1 Å². The summed E-state index contributed by atoms with van der Waals surface area (Å²) in [5.41, 5.74) is 2.13. The number of rotatable bonds is 7. The van der Waals surface area contributed by atoms with Gasteiger partial charge in [0.2, 0.25) is 0 Å². The van der Waals surface area contributed by atoms with Crippen molar-refractivity contribution >= 4 is 10.6 Å². The lowest BCUT2D eigenvalue weighted by atomic mass is 10.2. The van der Waals surface area contributed by atoms with E-state index in [4.69, 9.17) is 17.4 Å². The van der Waals surface area contributed by atoms with Gasteiger partial charge in [0.1, 0.15) is 5.82 Å². The predicted octanol–water partition coefficient (Wildman–Crippen LogP) is 2.76. The summed E-state index contributed by atoms with van der Waals surface area (Å²) in [5.74, 6) is -0.282. The molecule has 2 rings (SSSR count). The minimum absolute atomic E-state index is 0.282. The van der Waals surface area contributed by atoms with Crippen LogP contribution in [0.5, 0.6) is 0 Å². The van der Waals surface area contributed by atoms with Gasteiger partial charge >= 0.3 is 10.6 Å². The van der Waals surface area contributed by atoms with Gasteiger partial charge in [-0.15, -0.1) is 12.6 Å². The van der Waals surface area contributed by atoms with Gasteiger partial charge in [0.15, 0.2) is 0 Å². The Morgan fingerprint density at radius 2 is 1.70 bits per heavy atom. The summed E-state index contributed by atoms with van der Waals surface area (Å²) in [5, 5.41) is 0. The molecule has 0 radical (unpaired) electrons. The van der Waals surface area contributed by atoms with E-state index in [1.807, 2.05) is 18.2 Å². The van der Waals surface area contributed by atoms with Crippen molar-refractivity contribution in [2.45, 2.75) is 25.9 Å². The summed E-state index contributed by atoms with van der Waals surface area (Å²) in [6, 6.07) is 13.3. The van der Waals surface area contributed by atoms with Crippen molar-refractivity contribution in [2.75, 3.05) is 6.61 Å². The van der Waals surface area contributed by atoms with Crippen LogP contribution >= 0.6 is 0 Å². The van der Waals surface area contributed by atoms with Crippen molar-refractivity contribution in [2.24, 2.45) is 0 Å². The van der Waals surface area contributed by atoms with Gasteiger partial charge in [-0.25, -0.2) is 4.39 Å². The quantitative estimate of drug-likeness (QED) is 0.725. The van der Waals surface area contributed by atoms with Crippen LogP contribution in [-0.2, 0) is 28.4 Å². The maximum Gasteiger partial charge on any atom is 0.425 e. The average Bonchev–Trinajstić information content (AvgIpc) is 2.53. The summed E-state index contributed by atoms with van der Waals surface area (Å²) in [7, 11) is -3.11. The zero-order chi connectivity index (χ0) is 16.9. The van der Waals surface area contributed by atoms with Gasteiger partial charge in [-0.2, -0.15) is 0 Å². The first-order valence-electron chi connectivity index (χ1n) is 7.07. The zero-order valence-electron chi connectivity index (χ0n) is 12.5. The van der Waals surface area contributed by atoms with Crippen LogP contribution in [0, 0.1) is 5.82 Å². The first-order chi connectivity index (χ1) is 11.1. The maximum atomic E-state index is 12.7. The molecule has 0 N–H and O–H groups in total. The minimum atomic E-state index is -3.11. The van der Waals surface area contributed by atoms with Crippen LogP contribution in [0.4, 0.5) is 4.39 Å². The van der Waals surface area contributed by atoms with Crippen LogP contribution < -0.4 is 0 Å². The van der Waals surface area contributed by atoms with E-state index in [0.717, 1.165) is 31.6 Å². The fraction of sp³-hybridized carbons (Fsp3) is 0.312. The van der Waals surface area contributed by atoms with E-state index in [1.165, 1.54) is 17.8 Å².